The molecule has 96 valence electrons. The summed E-state index contributed by atoms with van der Waals surface area (Å²) in [6.07, 6.45) is -3.25. The van der Waals surface area contributed by atoms with Crippen molar-refractivity contribution >= 4 is 0 Å². The lowest BCUT2D eigenvalue weighted by molar-refractivity contribution is -0.227. The standard InChI is InChI=1S/C9H16O5.C2H6/c1-2-3-5-7(11)9(13)8(12)6(4-10)14-5;1-2/h2,5-13H,1,3-4H2;1-2H3/t5-,6?,7+,8?,9?;/m1./s1. The van der Waals surface area contributed by atoms with E-state index >= 15 is 0 Å². The van der Waals surface area contributed by atoms with Gasteiger partial charge in [0.1, 0.15) is 24.4 Å². The molecule has 0 aromatic carbocycles. The van der Waals surface area contributed by atoms with Crippen LogP contribution in [0.25, 0.3) is 0 Å². The highest BCUT2D eigenvalue weighted by Gasteiger charge is 2.42. The van der Waals surface area contributed by atoms with Crippen LogP contribution in [0.1, 0.15) is 20.3 Å². The molecule has 1 aliphatic rings. The zero-order chi connectivity index (χ0) is 12.7. The lowest BCUT2D eigenvalue weighted by atomic mass is 9.94. The molecule has 5 atom stereocenters. The lowest BCUT2D eigenvalue weighted by Gasteiger charge is -2.39. The Morgan fingerprint density at radius 1 is 1.06 bits per heavy atom. The van der Waals surface area contributed by atoms with Crippen molar-refractivity contribution in [3.05, 3.63) is 12.7 Å². The van der Waals surface area contributed by atoms with Gasteiger partial charge in [0, 0.05) is 0 Å². The lowest BCUT2D eigenvalue weighted by Crippen LogP contribution is -2.58. The van der Waals surface area contributed by atoms with Gasteiger partial charge in [-0.1, -0.05) is 19.9 Å². The molecule has 0 aromatic heterocycles. The second kappa shape index (κ2) is 7.76. The van der Waals surface area contributed by atoms with E-state index in [0.717, 1.165) is 0 Å². The first kappa shape index (κ1) is 15.5. The molecule has 0 saturated carbocycles. The number of rotatable bonds is 3. The molecule has 0 bridgehead atoms. The van der Waals surface area contributed by atoms with Crippen molar-refractivity contribution < 1.29 is 25.2 Å². The Hall–Kier alpha value is -0.460. The predicted molar refractivity (Wildman–Crippen MR) is 59.9 cm³/mol. The average Bonchev–Trinajstić information content (AvgIpc) is 2.32. The van der Waals surface area contributed by atoms with Crippen LogP contribution in [0.5, 0.6) is 0 Å². The summed E-state index contributed by atoms with van der Waals surface area (Å²) in [6, 6.07) is 0. The fraction of sp³-hybridized carbons (Fsp3) is 0.818. The van der Waals surface area contributed by atoms with Gasteiger partial charge in [-0.05, 0) is 6.42 Å². The first-order valence-corrected chi connectivity index (χ1v) is 5.53. The van der Waals surface area contributed by atoms with Gasteiger partial charge in [-0.15, -0.1) is 6.58 Å². The van der Waals surface area contributed by atoms with Gasteiger partial charge in [0.15, 0.2) is 0 Å². The summed E-state index contributed by atoms with van der Waals surface area (Å²) in [5, 5.41) is 37.1. The van der Waals surface area contributed by atoms with Gasteiger partial charge in [0.05, 0.1) is 12.7 Å². The molecule has 0 amide bonds. The van der Waals surface area contributed by atoms with Gasteiger partial charge in [0.2, 0.25) is 0 Å². The molecule has 1 fully saturated rings. The average molecular weight is 234 g/mol. The molecule has 1 aliphatic heterocycles. The van der Waals surface area contributed by atoms with Crippen LogP contribution in [0.2, 0.25) is 0 Å². The molecule has 0 spiro atoms. The van der Waals surface area contributed by atoms with E-state index in [4.69, 9.17) is 9.84 Å². The fourth-order valence-corrected chi connectivity index (χ4v) is 1.54. The highest BCUT2D eigenvalue weighted by atomic mass is 16.5. The summed E-state index contributed by atoms with van der Waals surface area (Å²) in [6.45, 7) is 7.10. The van der Waals surface area contributed by atoms with E-state index in [1.165, 1.54) is 0 Å². The number of aliphatic hydroxyl groups is 4. The Morgan fingerprint density at radius 3 is 2.00 bits per heavy atom. The van der Waals surface area contributed by atoms with Crippen LogP contribution in [0.4, 0.5) is 0 Å². The Bertz CT molecular complexity index is 195. The molecule has 0 aromatic rings. The van der Waals surface area contributed by atoms with Crippen LogP contribution < -0.4 is 0 Å². The van der Waals surface area contributed by atoms with Crippen LogP contribution in [0.15, 0.2) is 12.7 Å². The van der Waals surface area contributed by atoms with Crippen molar-refractivity contribution in [2.24, 2.45) is 0 Å². The quantitative estimate of drug-likeness (QED) is 0.491. The van der Waals surface area contributed by atoms with Crippen LogP contribution in [0.3, 0.4) is 0 Å². The normalized spacial score (nSPS) is 38.5. The predicted octanol–water partition coefficient (Wildman–Crippen LogP) is -0.569. The van der Waals surface area contributed by atoms with E-state index < -0.39 is 37.1 Å². The first-order valence-electron chi connectivity index (χ1n) is 5.53. The van der Waals surface area contributed by atoms with Crippen LogP contribution >= 0.6 is 0 Å². The summed E-state index contributed by atoms with van der Waals surface area (Å²) >= 11 is 0. The van der Waals surface area contributed by atoms with E-state index in [1.54, 1.807) is 6.08 Å². The maximum atomic E-state index is 9.49. The molecule has 0 aliphatic carbocycles. The minimum atomic E-state index is -1.29. The maximum absolute atomic E-state index is 9.49. The summed E-state index contributed by atoms with van der Waals surface area (Å²) < 4.78 is 5.19. The Kier molecular flexibility index (Phi) is 7.53. The molecular formula is C11H22O5. The number of aliphatic hydroxyl groups excluding tert-OH is 4. The molecule has 1 heterocycles. The molecule has 4 N–H and O–H groups in total. The Morgan fingerprint density at radius 2 is 1.56 bits per heavy atom. The van der Waals surface area contributed by atoms with Crippen molar-refractivity contribution in [1.82, 2.24) is 0 Å². The van der Waals surface area contributed by atoms with E-state index in [9.17, 15) is 15.3 Å². The minimum Gasteiger partial charge on any atom is -0.394 e. The SMILES string of the molecule is C=CC[C@H]1OC(CO)C(O)C(O)[C@H]1O.CC. The van der Waals surface area contributed by atoms with Crippen LogP contribution in [-0.2, 0) is 4.74 Å². The van der Waals surface area contributed by atoms with Crippen molar-refractivity contribution in [2.45, 2.75) is 50.8 Å². The van der Waals surface area contributed by atoms with Crippen molar-refractivity contribution in [3.63, 3.8) is 0 Å². The Balaban J connectivity index is 0.00000106. The smallest absolute Gasteiger partial charge is 0.111 e. The molecule has 1 rings (SSSR count). The summed E-state index contributed by atoms with van der Waals surface area (Å²) in [5.41, 5.74) is 0. The monoisotopic (exact) mass is 234 g/mol. The third kappa shape index (κ3) is 3.54. The van der Waals surface area contributed by atoms with Gasteiger partial charge in [-0.25, -0.2) is 0 Å². The number of ether oxygens (including phenoxy) is 1. The van der Waals surface area contributed by atoms with E-state index in [1.807, 2.05) is 13.8 Å². The Labute approximate surface area is 96.0 Å². The number of hydrogen-bond acceptors (Lipinski definition) is 5. The van der Waals surface area contributed by atoms with Gasteiger partial charge < -0.3 is 25.2 Å². The van der Waals surface area contributed by atoms with Gasteiger partial charge in [-0.3, -0.25) is 0 Å². The summed E-state index contributed by atoms with van der Waals surface area (Å²) in [7, 11) is 0. The van der Waals surface area contributed by atoms with Crippen molar-refractivity contribution in [3.8, 4) is 0 Å². The first-order chi connectivity index (χ1) is 7.61. The molecule has 5 heteroatoms. The fourth-order valence-electron chi connectivity index (χ4n) is 1.54. The highest BCUT2D eigenvalue weighted by molar-refractivity contribution is 4.94. The van der Waals surface area contributed by atoms with Gasteiger partial charge in [0.25, 0.3) is 0 Å². The molecule has 0 radical (unpaired) electrons. The third-order valence-corrected chi connectivity index (χ3v) is 2.39. The van der Waals surface area contributed by atoms with Crippen molar-refractivity contribution in [2.75, 3.05) is 6.61 Å². The van der Waals surface area contributed by atoms with E-state index in [2.05, 4.69) is 6.58 Å². The topological polar surface area (TPSA) is 90.2 Å². The molecule has 16 heavy (non-hydrogen) atoms. The van der Waals surface area contributed by atoms with Gasteiger partial charge in [-0.2, -0.15) is 0 Å². The minimum absolute atomic E-state index is 0.363. The third-order valence-electron chi connectivity index (χ3n) is 2.39. The van der Waals surface area contributed by atoms with Gasteiger partial charge >= 0.3 is 0 Å². The molecular weight excluding hydrogens is 212 g/mol. The zero-order valence-corrected chi connectivity index (χ0v) is 9.78. The van der Waals surface area contributed by atoms with Crippen molar-refractivity contribution in [1.29, 1.82) is 0 Å². The summed E-state index contributed by atoms with van der Waals surface area (Å²) in [4.78, 5) is 0. The maximum Gasteiger partial charge on any atom is 0.111 e. The molecule has 1 saturated heterocycles. The second-order valence-electron chi connectivity index (χ2n) is 3.39. The number of hydrogen-bond donors (Lipinski definition) is 4. The van der Waals surface area contributed by atoms with Crippen LogP contribution in [0, 0.1) is 0 Å². The zero-order valence-electron chi connectivity index (χ0n) is 9.78. The van der Waals surface area contributed by atoms with E-state index in [-0.39, 0.29) is 0 Å². The van der Waals surface area contributed by atoms with Crippen LogP contribution in [-0.4, -0.2) is 57.6 Å². The molecule has 5 nitrogen and oxygen atoms in total. The highest BCUT2D eigenvalue weighted by Crippen LogP contribution is 2.22. The van der Waals surface area contributed by atoms with E-state index in [0.29, 0.717) is 6.42 Å². The second-order valence-corrected chi connectivity index (χ2v) is 3.39. The molecule has 3 unspecified atom stereocenters. The summed E-state index contributed by atoms with van der Waals surface area (Å²) in [5.74, 6) is 0. The largest absolute Gasteiger partial charge is 0.394 e.